The molecule has 154 valence electrons. The van der Waals surface area contributed by atoms with Crippen molar-refractivity contribution in [3.63, 3.8) is 0 Å². The lowest BCUT2D eigenvalue weighted by Gasteiger charge is -2.33. The first-order valence-electron chi connectivity index (χ1n) is 9.56. The van der Waals surface area contributed by atoms with Gasteiger partial charge in [0.05, 0.1) is 35.8 Å². The fourth-order valence-electron chi connectivity index (χ4n) is 3.75. The number of halogens is 3. The van der Waals surface area contributed by atoms with Crippen LogP contribution in [0.2, 0.25) is 5.02 Å². The molecule has 0 spiro atoms. The summed E-state index contributed by atoms with van der Waals surface area (Å²) in [6, 6.07) is 9.46. The lowest BCUT2D eigenvalue weighted by atomic mass is 10.1. The molecule has 2 aliphatic heterocycles. The molecule has 0 saturated carbocycles. The number of hydrogen-bond acceptors (Lipinski definition) is 5. The van der Waals surface area contributed by atoms with E-state index in [0.29, 0.717) is 23.8 Å². The molecule has 1 fully saturated rings. The van der Waals surface area contributed by atoms with Gasteiger partial charge in [-0.2, -0.15) is 5.10 Å². The van der Waals surface area contributed by atoms with E-state index in [-0.39, 0.29) is 22.5 Å². The van der Waals surface area contributed by atoms with Gasteiger partial charge in [0, 0.05) is 18.8 Å². The van der Waals surface area contributed by atoms with E-state index < -0.39 is 11.6 Å². The van der Waals surface area contributed by atoms with Crippen LogP contribution >= 0.6 is 11.6 Å². The van der Waals surface area contributed by atoms with Crippen molar-refractivity contribution in [3.05, 3.63) is 64.8 Å². The number of amidine groups is 1. The number of rotatable bonds is 2. The third-order valence-corrected chi connectivity index (χ3v) is 5.45. The molecule has 5 rings (SSSR count). The van der Waals surface area contributed by atoms with Crippen molar-refractivity contribution in [2.75, 3.05) is 29.9 Å². The molecule has 1 saturated heterocycles. The maximum Gasteiger partial charge on any atom is 0.176 e. The smallest absolute Gasteiger partial charge is 0.176 e. The van der Waals surface area contributed by atoms with Crippen LogP contribution in [0.5, 0.6) is 0 Å². The zero-order valence-corrected chi connectivity index (χ0v) is 16.8. The molecule has 0 radical (unpaired) electrons. The Labute approximate surface area is 176 Å². The second-order valence-electron chi connectivity index (χ2n) is 7.24. The molecule has 3 heterocycles. The first kappa shape index (κ1) is 19.0. The summed E-state index contributed by atoms with van der Waals surface area (Å²) in [6.45, 7) is 4.22. The molecule has 0 aliphatic carbocycles. The van der Waals surface area contributed by atoms with Gasteiger partial charge in [-0.3, -0.25) is 0 Å². The topological polar surface area (TPSA) is 54.7 Å². The molecule has 0 amide bonds. The number of aliphatic imine (C=N–C) groups is 1. The van der Waals surface area contributed by atoms with Gasteiger partial charge in [-0.25, -0.2) is 18.5 Å². The molecule has 1 N–H and O–H groups in total. The molecule has 3 aromatic rings. The lowest BCUT2D eigenvalue weighted by Crippen LogP contribution is -2.41. The van der Waals surface area contributed by atoms with Crippen molar-refractivity contribution in [1.29, 1.82) is 0 Å². The number of morpholine rings is 1. The van der Waals surface area contributed by atoms with Crippen LogP contribution in [0.15, 0.2) is 47.6 Å². The highest BCUT2D eigenvalue weighted by Crippen LogP contribution is 2.37. The van der Waals surface area contributed by atoms with Gasteiger partial charge in [0.1, 0.15) is 22.5 Å². The molecule has 0 bridgehead atoms. The Kier molecular flexibility index (Phi) is 4.67. The Balaban J connectivity index is 1.64. The SMILES string of the molecule is CC1CN(c2ccc3c(c2)-n2ncc(Cl)c2N=C(c2c(F)cccc2F)N3)CCO1. The number of fused-ring (bicyclic) bond motifs is 3. The Morgan fingerprint density at radius 2 is 2.00 bits per heavy atom. The molecule has 1 unspecified atom stereocenters. The Morgan fingerprint density at radius 1 is 1.20 bits per heavy atom. The number of anilines is 2. The van der Waals surface area contributed by atoms with Crippen LogP contribution < -0.4 is 10.2 Å². The molecule has 1 aromatic heterocycles. The second-order valence-corrected chi connectivity index (χ2v) is 7.65. The number of benzene rings is 2. The average Bonchev–Trinajstić information content (AvgIpc) is 2.99. The third-order valence-electron chi connectivity index (χ3n) is 5.19. The van der Waals surface area contributed by atoms with Crippen molar-refractivity contribution in [3.8, 4) is 5.69 Å². The van der Waals surface area contributed by atoms with Crippen LogP contribution in [0, 0.1) is 11.6 Å². The van der Waals surface area contributed by atoms with Gasteiger partial charge in [-0.15, -0.1) is 0 Å². The standard InChI is InChI=1S/C21H18ClF2N5O/c1-12-11-28(7-8-30-12)13-5-6-17-18(9-13)29-21(14(22)10-25-29)27-20(26-17)19-15(23)3-2-4-16(19)24/h2-6,9-10,12H,7-8,11H2,1H3,(H,26,27). The average molecular weight is 430 g/mol. The number of nitrogens with zero attached hydrogens (tertiary/aromatic N) is 4. The summed E-state index contributed by atoms with van der Waals surface area (Å²) in [4.78, 5) is 6.64. The van der Waals surface area contributed by atoms with Crippen LogP contribution in [0.1, 0.15) is 12.5 Å². The monoisotopic (exact) mass is 429 g/mol. The minimum atomic E-state index is -0.717. The zero-order chi connectivity index (χ0) is 20.8. The highest BCUT2D eigenvalue weighted by Gasteiger charge is 2.25. The van der Waals surface area contributed by atoms with Crippen molar-refractivity contribution >= 4 is 34.6 Å². The Bertz CT molecular complexity index is 1140. The highest BCUT2D eigenvalue weighted by atomic mass is 35.5. The first-order valence-corrected chi connectivity index (χ1v) is 9.93. The summed E-state index contributed by atoms with van der Waals surface area (Å²) in [6.07, 6.45) is 1.60. The van der Waals surface area contributed by atoms with Crippen molar-refractivity contribution in [2.45, 2.75) is 13.0 Å². The number of aromatic nitrogens is 2. The zero-order valence-electron chi connectivity index (χ0n) is 16.1. The summed E-state index contributed by atoms with van der Waals surface area (Å²) < 4.78 is 36.1. The second kappa shape index (κ2) is 7.37. The van der Waals surface area contributed by atoms with Crippen LogP contribution in [0.25, 0.3) is 5.69 Å². The number of nitrogens with one attached hydrogen (secondary N) is 1. The van der Waals surface area contributed by atoms with E-state index in [9.17, 15) is 8.78 Å². The maximum atomic E-state index is 14.5. The maximum absolute atomic E-state index is 14.5. The molecule has 6 nitrogen and oxygen atoms in total. The summed E-state index contributed by atoms with van der Waals surface area (Å²) in [5, 5.41) is 7.68. The van der Waals surface area contributed by atoms with Gasteiger partial charge in [0.2, 0.25) is 0 Å². The molecule has 30 heavy (non-hydrogen) atoms. The van der Waals surface area contributed by atoms with Crippen LogP contribution in [-0.2, 0) is 4.74 Å². The van der Waals surface area contributed by atoms with E-state index >= 15 is 0 Å². The van der Waals surface area contributed by atoms with Gasteiger partial charge in [-0.1, -0.05) is 17.7 Å². The van der Waals surface area contributed by atoms with E-state index in [0.717, 1.165) is 18.8 Å². The lowest BCUT2D eigenvalue weighted by molar-refractivity contribution is 0.0532. The minimum absolute atomic E-state index is 0.0285. The molecule has 1 atom stereocenters. The van der Waals surface area contributed by atoms with Gasteiger partial charge >= 0.3 is 0 Å². The largest absolute Gasteiger partial charge is 0.375 e. The third kappa shape index (κ3) is 3.22. The summed E-state index contributed by atoms with van der Waals surface area (Å²) >= 11 is 6.30. The molecular formula is C21H18ClF2N5O. The molecule has 2 aliphatic rings. The predicted molar refractivity (Wildman–Crippen MR) is 112 cm³/mol. The van der Waals surface area contributed by atoms with E-state index in [2.05, 4.69) is 20.3 Å². The van der Waals surface area contributed by atoms with Crippen LogP contribution in [-0.4, -0.2) is 41.4 Å². The van der Waals surface area contributed by atoms with Crippen LogP contribution in [0.4, 0.5) is 26.0 Å². The van der Waals surface area contributed by atoms with Crippen molar-refractivity contribution in [1.82, 2.24) is 9.78 Å². The summed E-state index contributed by atoms with van der Waals surface area (Å²) in [5.74, 6) is -1.11. The Hall–Kier alpha value is -2.97. The summed E-state index contributed by atoms with van der Waals surface area (Å²) in [5.41, 5.74) is 2.04. The van der Waals surface area contributed by atoms with Gasteiger partial charge < -0.3 is 15.0 Å². The minimum Gasteiger partial charge on any atom is -0.375 e. The van der Waals surface area contributed by atoms with E-state index in [4.69, 9.17) is 16.3 Å². The number of ether oxygens (including phenoxy) is 1. The first-order chi connectivity index (χ1) is 14.5. The van der Waals surface area contributed by atoms with E-state index in [1.54, 1.807) is 4.68 Å². The van der Waals surface area contributed by atoms with Crippen LogP contribution in [0.3, 0.4) is 0 Å². The van der Waals surface area contributed by atoms with E-state index in [1.165, 1.54) is 24.4 Å². The molecular weight excluding hydrogens is 412 g/mol. The Morgan fingerprint density at radius 3 is 2.77 bits per heavy atom. The quantitative estimate of drug-likeness (QED) is 0.650. The number of hydrogen-bond donors (Lipinski definition) is 1. The van der Waals surface area contributed by atoms with Gasteiger partial charge in [0.15, 0.2) is 5.82 Å². The highest BCUT2D eigenvalue weighted by molar-refractivity contribution is 6.33. The fourth-order valence-corrected chi connectivity index (χ4v) is 3.92. The van der Waals surface area contributed by atoms with Crippen molar-refractivity contribution < 1.29 is 13.5 Å². The molecule has 2 aromatic carbocycles. The fraction of sp³-hybridized carbons (Fsp3) is 0.238. The van der Waals surface area contributed by atoms with Crippen molar-refractivity contribution in [2.24, 2.45) is 4.99 Å². The van der Waals surface area contributed by atoms with E-state index in [1.807, 2.05) is 25.1 Å². The van der Waals surface area contributed by atoms with Gasteiger partial charge in [-0.05, 0) is 37.3 Å². The normalized spacial score (nSPS) is 18.2. The summed E-state index contributed by atoms with van der Waals surface area (Å²) in [7, 11) is 0. The molecule has 9 heteroatoms. The van der Waals surface area contributed by atoms with Gasteiger partial charge in [0.25, 0.3) is 0 Å². The predicted octanol–water partition coefficient (Wildman–Crippen LogP) is 4.53.